The van der Waals surface area contributed by atoms with Crippen molar-refractivity contribution in [1.29, 1.82) is 0 Å². The highest BCUT2D eigenvalue weighted by Gasteiger charge is 2.17. The summed E-state index contributed by atoms with van der Waals surface area (Å²) in [5.74, 6) is -0.0659. The fraction of sp³-hybridized carbons (Fsp3) is 0.500. The van der Waals surface area contributed by atoms with Crippen molar-refractivity contribution >= 4 is 17.4 Å². The Morgan fingerprint density at radius 3 is 2.77 bits per heavy atom. The van der Waals surface area contributed by atoms with Crippen molar-refractivity contribution in [3.63, 3.8) is 0 Å². The van der Waals surface area contributed by atoms with E-state index in [-0.39, 0.29) is 5.28 Å². The van der Waals surface area contributed by atoms with Crippen LogP contribution in [-0.2, 0) is 0 Å². The summed E-state index contributed by atoms with van der Waals surface area (Å²) in [6.07, 6.45) is 3.28. The molecule has 5 heteroatoms. The third-order valence-electron chi connectivity index (χ3n) is 2.10. The minimum absolute atomic E-state index is 0.100. The zero-order valence-corrected chi connectivity index (χ0v) is 7.76. The third-order valence-corrected chi connectivity index (χ3v) is 2.28. The Balaban J connectivity index is 2.32. The number of nitrogens with zero attached hydrogens (tertiary/aromatic N) is 3. The summed E-state index contributed by atoms with van der Waals surface area (Å²) in [5.41, 5.74) is 0. The number of halogens is 2. The molecule has 3 nitrogen and oxygen atoms in total. The molecular weight excluding hydrogens is 193 g/mol. The standard InChI is InChI=1S/C8H9ClFN3/c9-8-11-5-6(10)7(12-8)13-3-1-2-4-13/h5H,1-4H2. The van der Waals surface area contributed by atoms with Crippen molar-refractivity contribution in [3.8, 4) is 0 Å². The highest BCUT2D eigenvalue weighted by atomic mass is 35.5. The van der Waals surface area contributed by atoms with E-state index in [1.54, 1.807) is 0 Å². The summed E-state index contributed by atoms with van der Waals surface area (Å²) in [7, 11) is 0. The number of aromatic nitrogens is 2. The minimum Gasteiger partial charge on any atom is -0.354 e. The van der Waals surface area contributed by atoms with E-state index in [4.69, 9.17) is 11.6 Å². The molecule has 1 saturated heterocycles. The van der Waals surface area contributed by atoms with Crippen molar-refractivity contribution in [2.75, 3.05) is 18.0 Å². The zero-order chi connectivity index (χ0) is 9.26. The second kappa shape index (κ2) is 3.46. The molecule has 0 radical (unpaired) electrons. The summed E-state index contributed by atoms with van der Waals surface area (Å²) in [6.45, 7) is 1.70. The molecule has 0 spiro atoms. The van der Waals surface area contributed by atoms with Crippen LogP contribution in [0.2, 0.25) is 5.28 Å². The van der Waals surface area contributed by atoms with Crippen molar-refractivity contribution in [2.45, 2.75) is 12.8 Å². The number of anilines is 1. The maximum absolute atomic E-state index is 13.2. The van der Waals surface area contributed by atoms with Gasteiger partial charge in [0, 0.05) is 13.1 Å². The largest absolute Gasteiger partial charge is 0.354 e. The van der Waals surface area contributed by atoms with Crippen LogP contribution in [0.25, 0.3) is 0 Å². The fourth-order valence-electron chi connectivity index (χ4n) is 1.49. The van der Waals surface area contributed by atoms with E-state index in [2.05, 4.69) is 9.97 Å². The summed E-state index contributed by atoms with van der Waals surface area (Å²) < 4.78 is 13.2. The molecule has 0 amide bonds. The average molecular weight is 202 g/mol. The normalized spacial score (nSPS) is 16.6. The summed E-state index contributed by atoms with van der Waals surface area (Å²) >= 11 is 5.58. The number of rotatable bonds is 1. The van der Waals surface area contributed by atoms with Crippen molar-refractivity contribution in [3.05, 3.63) is 17.3 Å². The van der Waals surface area contributed by atoms with Crippen LogP contribution in [0.4, 0.5) is 10.2 Å². The second-order valence-electron chi connectivity index (χ2n) is 3.00. The Kier molecular flexibility index (Phi) is 2.31. The lowest BCUT2D eigenvalue weighted by molar-refractivity contribution is 0.608. The van der Waals surface area contributed by atoms with E-state index in [1.807, 2.05) is 4.90 Å². The monoisotopic (exact) mass is 201 g/mol. The van der Waals surface area contributed by atoms with Crippen molar-refractivity contribution in [1.82, 2.24) is 9.97 Å². The van der Waals surface area contributed by atoms with Gasteiger partial charge in [0.05, 0.1) is 6.20 Å². The Morgan fingerprint density at radius 2 is 2.08 bits per heavy atom. The van der Waals surface area contributed by atoms with Crippen molar-refractivity contribution in [2.24, 2.45) is 0 Å². The molecule has 0 bridgehead atoms. The smallest absolute Gasteiger partial charge is 0.224 e. The Labute approximate surface area is 80.6 Å². The average Bonchev–Trinajstić information content (AvgIpc) is 2.61. The van der Waals surface area contributed by atoms with Gasteiger partial charge < -0.3 is 4.90 Å². The van der Waals surface area contributed by atoms with Gasteiger partial charge in [0.1, 0.15) is 0 Å². The van der Waals surface area contributed by atoms with E-state index in [0.717, 1.165) is 32.1 Å². The Hall–Kier alpha value is -0.900. The van der Waals surface area contributed by atoms with Crippen LogP contribution in [0, 0.1) is 5.82 Å². The SMILES string of the molecule is Fc1cnc(Cl)nc1N1CCCC1. The van der Waals surface area contributed by atoms with Gasteiger partial charge in [-0.3, -0.25) is 0 Å². The van der Waals surface area contributed by atoms with E-state index < -0.39 is 5.82 Å². The van der Waals surface area contributed by atoms with E-state index >= 15 is 0 Å². The van der Waals surface area contributed by atoms with Gasteiger partial charge in [0.15, 0.2) is 11.6 Å². The quantitative estimate of drug-likeness (QED) is 0.650. The molecular formula is C8H9ClFN3. The third kappa shape index (κ3) is 1.72. The Morgan fingerprint density at radius 1 is 1.38 bits per heavy atom. The molecule has 2 rings (SSSR count). The van der Waals surface area contributed by atoms with Crippen LogP contribution in [0.3, 0.4) is 0 Å². The lowest BCUT2D eigenvalue weighted by atomic mass is 10.4. The predicted octanol–water partition coefficient (Wildman–Crippen LogP) is 1.87. The zero-order valence-electron chi connectivity index (χ0n) is 7.00. The number of hydrogen-bond acceptors (Lipinski definition) is 3. The first-order chi connectivity index (χ1) is 6.27. The first-order valence-corrected chi connectivity index (χ1v) is 4.58. The maximum Gasteiger partial charge on any atom is 0.224 e. The molecule has 1 aliphatic heterocycles. The molecule has 1 aromatic heterocycles. The fourth-order valence-corrected chi connectivity index (χ4v) is 1.62. The first kappa shape index (κ1) is 8.69. The molecule has 0 aliphatic carbocycles. The molecule has 0 saturated carbocycles. The number of hydrogen-bond donors (Lipinski definition) is 0. The van der Waals surface area contributed by atoms with Gasteiger partial charge in [0.25, 0.3) is 0 Å². The Bertz CT molecular complexity index is 312. The lowest BCUT2D eigenvalue weighted by Crippen LogP contribution is -2.20. The van der Waals surface area contributed by atoms with Gasteiger partial charge in [-0.25, -0.2) is 9.37 Å². The second-order valence-corrected chi connectivity index (χ2v) is 3.34. The van der Waals surface area contributed by atoms with E-state index in [0.29, 0.717) is 5.82 Å². The van der Waals surface area contributed by atoms with E-state index in [1.165, 1.54) is 0 Å². The molecule has 1 aromatic rings. The summed E-state index contributed by atoms with van der Waals surface area (Å²) in [6, 6.07) is 0. The lowest BCUT2D eigenvalue weighted by Gasteiger charge is -2.16. The van der Waals surface area contributed by atoms with Crippen LogP contribution in [0.15, 0.2) is 6.20 Å². The van der Waals surface area contributed by atoms with Gasteiger partial charge in [-0.2, -0.15) is 4.98 Å². The highest BCUT2D eigenvalue weighted by Crippen LogP contribution is 2.21. The van der Waals surface area contributed by atoms with Crippen LogP contribution in [-0.4, -0.2) is 23.1 Å². The molecule has 0 N–H and O–H groups in total. The van der Waals surface area contributed by atoms with E-state index in [9.17, 15) is 4.39 Å². The van der Waals surface area contributed by atoms with Gasteiger partial charge in [-0.15, -0.1) is 0 Å². The van der Waals surface area contributed by atoms with Crippen LogP contribution >= 0.6 is 11.6 Å². The van der Waals surface area contributed by atoms with Gasteiger partial charge in [-0.05, 0) is 24.4 Å². The van der Waals surface area contributed by atoms with Gasteiger partial charge >= 0.3 is 0 Å². The van der Waals surface area contributed by atoms with Crippen LogP contribution in [0.1, 0.15) is 12.8 Å². The predicted molar refractivity (Wildman–Crippen MR) is 48.4 cm³/mol. The minimum atomic E-state index is -0.397. The summed E-state index contributed by atoms with van der Waals surface area (Å²) in [4.78, 5) is 9.32. The molecule has 2 heterocycles. The topological polar surface area (TPSA) is 29.0 Å². The molecule has 1 fully saturated rings. The first-order valence-electron chi connectivity index (χ1n) is 4.20. The van der Waals surface area contributed by atoms with Crippen LogP contribution in [0.5, 0.6) is 0 Å². The molecule has 1 aliphatic rings. The van der Waals surface area contributed by atoms with Gasteiger partial charge in [-0.1, -0.05) is 0 Å². The van der Waals surface area contributed by atoms with Crippen LogP contribution < -0.4 is 4.90 Å². The molecule has 0 aromatic carbocycles. The highest BCUT2D eigenvalue weighted by molar-refractivity contribution is 6.28. The molecule has 70 valence electrons. The molecule has 13 heavy (non-hydrogen) atoms. The van der Waals surface area contributed by atoms with Gasteiger partial charge in [0.2, 0.25) is 5.28 Å². The van der Waals surface area contributed by atoms with Crippen molar-refractivity contribution < 1.29 is 4.39 Å². The maximum atomic E-state index is 13.2. The molecule has 0 unspecified atom stereocenters. The summed E-state index contributed by atoms with van der Waals surface area (Å²) in [5, 5.41) is 0.100. The molecule has 0 atom stereocenters.